The van der Waals surface area contributed by atoms with Crippen LogP contribution >= 0.6 is 0 Å². The van der Waals surface area contributed by atoms with Gasteiger partial charge in [0.1, 0.15) is 11.6 Å². The lowest BCUT2D eigenvalue weighted by Gasteiger charge is -2.09. The number of carbonyl (C=O) groups excluding carboxylic acids is 1. The van der Waals surface area contributed by atoms with Crippen molar-refractivity contribution in [3.63, 3.8) is 0 Å². The summed E-state index contributed by atoms with van der Waals surface area (Å²) in [4.78, 5) is 11.8. The summed E-state index contributed by atoms with van der Waals surface area (Å²) in [6.07, 6.45) is 3.67. The Morgan fingerprint density at radius 3 is 2.95 bits per heavy atom. The highest BCUT2D eigenvalue weighted by Gasteiger charge is 2.07. The second-order valence-corrected chi connectivity index (χ2v) is 4.89. The van der Waals surface area contributed by atoms with Crippen LogP contribution in [0.15, 0.2) is 30.5 Å². The third-order valence-electron chi connectivity index (χ3n) is 3.26. The van der Waals surface area contributed by atoms with Gasteiger partial charge in [0, 0.05) is 12.0 Å². The molecule has 0 radical (unpaired) electrons. The van der Waals surface area contributed by atoms with Crippen LogP contribution < -0.4 is 10.1 Å². The largest absolute Gasteiger partial charge is 0.493 e. The average Bonchev–Trinajstić information content (AvgIpc) is 2.92. The van der Waals surface area contributed by atoms with Crippen molar-refractivity contribution in [2.45, 2.75) is 33.1 Å². The zero-order valence-corrected chi connectivity index (χ0v) is 12.5. The molecule has 0 fully saturated rings. The molecular weight excluding hydrogens is 266 g/mol. The van der Waals surface area contributed by atoms with Crippen LogP contribution in [-0.4, -0.2) is 22.7 Å². The van der Waals surface area contributed by atoms with E-state index < -0.39 is 0 Å². The number of hydrogen-bond donors (Lipinski definition) is 2. The van der Waals surface area contributed by atoms with E-state index in [1.54, 1.807) is 6.20 Å². The maximum absolute atomic E-state index is 11.8. The molecule has 1 aromatic carbocycles. The van der Waals surface area contributed by atoms with Crippen LogP contribution in [0.4, 0.5) is 5.82 Å². The zero-order chi connectivity index (χ0) is 15.1. The number of nitrogens with one attached hydrogen (secondary N) is 2. The van der Waals surface area contributed by atoms with Gasteiger partial charge < -0.3 is 10.1 Å². The molecule has 0 spiro atoms. The van der Waals surface area contributed by atoms with E-state index in [2.05, 4.69) is 15.5 Å². The van der Waals surface area contributed by atoms with Gasteiger partial charge >= 0.3 is 0 Å². The number of para-hydroxylation sites is 1. The number of anilines is 1. The van der Waals surface area contributed by atoms with Crippen molar-refractivity contribution in [2.75, 3.05) is 11.9 Å². The summed E-state index contributed by atoms with van der Waals surface area (Å²) in [7, 11) is 0. The molecule has 0 aliphatic heterocycles. The van der Waals surface area contributed by atoms with Gasteiger partial charge in [-0.25, -0.2) is 0 Å². The van der Waals surface area contributed by atoms with Gasteiger partial charge in [0.2, 0.25) is 5.91 Å². The summed E-state index contributed by atoms with van der Waals surface area (Å²) >= 11 is 0. The van der Waals surface area contributed by atoms with E-state index >= 15 is 0 Å². The van der Waals surface area contributed by atoms with Gasteiger partial charge in [0.25, 0.3) is 0 Å². The summed E-state index contributed by atoms with van der Waals surface area (Å²) in [5.41, 5.74) is 2.12. The predicted octanol–water partition coefficient (Wildman–Crippen LogP) is 3.08. The SMILES string of the molecule is CCc1cn[nH]c1NC(=O)CCCOc1ccccc1C. The number of rotatable bonds is 7. The Morgan fingerprint density at radius 2 is 2.19 bits per heavy atom. The van der Waals surface area contributed by atoms with E-state index in [1.807, 2.05) is 38.1 Å². The molecule has 0 atom stereocenters. The second kappa shape index (κ2) is 7.47. The first kappa shape index (κ1) is 15.1. The van der Waals surface area contributed by atoms with Crippen LogP contribution in [0.1, 0.15) is 30.9 Å². The molecule has 5 heteroatoms. The zero-order valence-electron chi connectivity index (χ0n) is 12.5. The standard InChI is InChI=1S/C16H21N3O2/c1-3-13-11-17-19-16(13)18-15(20)9-6-10-21-14-8-5-4-7-12(14)2/h4-5,7-8,11H,3,6,9-10H2,1-2H3,(H2,17,18,19,20). The lowest BCUT2D eigenvalue weighted by atomic mass is 10.2. The number of aromatic amines is 1. The fourth-order valence-corrected chi connectivity index (χ4v) is 2.02. The van der Waals surface area contributed by atoms with Crippen LogP contribution in [-0.2, 0) is 11.2 Å². The van der Waals surface area contributed by atoms with E-state index in [-0.39, 0.29) is 5.91 Å². The summed E-state index contributed by atoms with van der Waals surface area (Å²) in [6.45, 7) is 4.56. The molecule has 0 aliphatic rings. The first-order valence-electron chi connectivity index (χ1n) is 7.21. The number of aromatic nitrogens is 2. The molecule has 5 nitrogen and oxygen atoms in total. The monoisotopic (exact) mass is 287 g/mol. The first-order chi connectivity index (χ1) is 10.2. The number of carbonyl (C=O) groups is 1. The Kier molecular flexibility index (Phi) is 5.37. The van der Waals surface area contributed by atoms with Crippen molar-refractivity contribution < 1.29 is 9.53 Å². The highest BCUT2D eigenvalue weighted by Crippen LogP contribution is 2.16. The Bertz CT molecular complexity index is 593. The smallest absolute Gasteiger partial charge is 0.225 e. The van der Waals surface area contributed by atoms with E-state index in [1.165, 1.54) is 0 Å². The number of amides is 1. The molecule has 2 rings (SSSR count). The fraction of sp³-hybridized carbons (Fsp3) is 0.375. The van der Waals surface area contributed by atoms with Crippen molar-refractivity contribution in [2.24, 2.45) is 0 Å². The molecule has 112 valence electrons. The lowest BCUT2D eigenvalue weighted by Crippen LogP contribution is -2.14. The molecule has 1 aromatic heterocycles. The van der Waals surface area contributed by atoms with Gasteiger partial charge in [0.15, 0.2) is 0 Å². The summed E-state index contributed by atoms with van der Waals surface area (Å²) < 4.78 is 5.67. The number of hydrogen-bond acceptors (Lipinski definition) is 3. The summed E-state index contributed by atoms with van der Waals surface area (Å²) in [5, 5.41) is 9.56. The highest BCUT2D eigenvalue weighted by molar-refractivity contribution is 5.90. The number of nitrogens with zero attached hydrogens (tertiary/aromatic N) is 1. The number of H-pyrrole nitrogens is 1. The Hall–Kier alpha value is -2.30. The predicted molar refractivity (Wildman–Crippen MR) is 82.5 cm³/mol. The minimum absolute atomic E-state index is 0.0256. The molecule has 2 N–H and O–H groups in total. The van der Waals surface area contributed by atoms with Gasteiger partial charge in [-0.1, -0.05) is 25.1 Å². The van der Waals surface area contributed by atoms with Crippen LogP contribution in [0.25, 0.3) is 0 Å². The first-order valence-corrected chi connectivity index (χ1v) is 7.21. The normalized spacial score (nSPS) is 10.4. The van der Waals surface area contributed by atoms with Crippen LogP contribution in [0, 0.1) is 6.92 Å². The molecule has 2 aromatic rings. The third kappa shape index (κ3) is 4.34. The molecule has 21 heavy (non-hydrogen) atoms. The molecule has 1 amide bonds. The Morgan fingerprint density at radius 1 is 1.38 bits per heavy atom. The van der Waals surface area contributed by atoms with Gasteiger partial charge in [-0.2, -0.15) is 5.10 Å². The van der Waals surface area contributed by atoms with Gasteiger partial charge in [0.05, 0.1) is 12.8 Å². The topological polar surface area (TPSA) is 67.0 Å². The summed E-state index contributed by atoms with van der Waals surface area (Å²) in [6, 6.07) is 7.87. The number of benzene rings is 1. The minimum Gasteiger partial charge on any atom is -0.493 e. The molecule has 0 saturated carbocycles. The number of ether oxygens (including phenoxy) is 1. The molecule has 0 bridgehead atoms. The van der Waals surface area contributed by atoms with Crippen molar-refractivity contribution in [1.29, 1.82) is 0 Å². The molecule has 0 unspecified atom stereocenters. The van der Waals surface area contributed by atoms with Crippen LogP contribution in [0.5, 0.6) is 5.75 Å². The third-order valence-corrected chi connectivity index (χ3v) is 3.26. The molecule has 0 saturated heterocycles. The van der Waals surface area contributed by atoms with Crippen LogP contribution in [0.3, 0.4) is 0 Å². The van der Waals surface area contributed by atoms with Gasteiger partial charge in [-0.15, -0.1) is 0 Å². The molecular formula is C16H21N3O2. The van der Waals surface area contributed by atoms with E-state index in [0.29, 0.717) is 25.3 Å². The Labute approximate surface area is 124 Å². The van der Waals surface area contributed by atoms with E-state index in [4.69, 9.17) is 4.74 Å². The maximum atomic E-state index is 11.8. The quantitative estimate of drug-likeness (QED) is 0.769. The van der Waals surface area contributed by atoms with Crippen molar-refractivity contribution in [3.05, 3.63) is 41.6 Å². The highest BCUT2D eigenvalue weighted by atomic mass is 16.5. The number of aryl methyl sites for hydroxylation is 2. The average molecular weight is 287 g/mol. The van der Waals surface area contributed by atoms with E-state index in [0.717, 1.165) is 23.3 Å². The van der Waals surface area contributed by atoms with E-state index in [9.17, 15) is 4.79 Å². The second-order valence-electron chi connectivity index (χ2n) is 4.89. The summed E-state index contributed by atoms with van der Waals surface area (Å²) in [5.74, 6) is 1.55. The van der Waals surface area contributed by atoms with Crippen LogP contribution in [0.2, 0.25) is 0 Å². The van der Waals surface area contributed by atoms with Crippen molar-refractivity contribution >= 4 is 11.7 Å². The minimum atomic E-state index is -0.0256. The Balaban J connectivity index is 1.71. The van der Waals surface area contributed by atoms with Crippen molar-refractivity contribution in [1.82, 2.24) is 10.2 Å². The van der Waals surface area contributed by atoms with Crippen molar-refractivity contribution in [3.8, 4) is 5.75 Å². The fourth-order valence-electron chi connectivity index (χ4n) is 2.02. The maximum Gasteiger partial charge on any atom is 0.225 e. The molecule has 0 aliphatic carbocycles. The van der Waals surface area contributed by atoms with Gasteiger partial charge in [-0.3, -0.25) is 9.89 Å². The lowest BCUT2D eigenvalue weighted by molar-refractivity contribution is -0.116. The van der Waals surface area contributed by atoms with Gasteiger partial charge in [-0.05, 0) is 31.4 Å². The molecule has 1 heterocycles.